The van der Waals surface area contributed by atoms with Gasteiger partial charge in [-0.15, -0.1) is 0 Å². The van der Waals surface area contributed by atoms with Crippen molar-refractivity contribution in [3.05, 3.63) is 103 Å². The summed E-state index contributed by atoms with van der Waals surface area (Å²) in [4.78, 5) is 27.0. The van der Waals surface area contributed by atoms with Crippen LogP contribution in [0.1, 0.15) is 16.7 Å². The number of nitro groups is 1. The number of nitro benzene ring substituents is 1. The molecule has 35 heavy (non-hydrogen) atoms. The Balaban J connectivity index is 1.61. The number of hydrogen-bond acceptors (Lipinski definition) is 7. The summed E-state index contributed by atoms with van der Waals surface area (Å²) in [6, 6.07) is 13.0. The van der Waals surface area contributed by atoms with Crippen LogP contribution in [-0.4, -0.2) is 23.9 Å². The fraction of sp³-hybridized carbons (Fsp3) is 0.0833. The third-order valence-corrected chi connectivity index (χ3v) is 5.44. The first-order valence-electron chi connectivity index (χ1n) is 9.97. The van der Waals surface area contributed by atoms with Crippen LogP contribution in [0.25, 0.3) is 6.08 Å². The van der Waals surface area contributed by atoms with Crippen molar-refractivity contribution in [3.8, 4) is 11.5 Å². The van der Waals surface area contributed by atoms with E-state index in [1.165, 1.54) is 49.6 Å². The summed E-state index contributed by atoms with van der Waals surface area (Å²) < 4.78 is 29.7. The second-order valence-corrected chi connectivity index (χ2v) is 8.03. The van der Waals surface area contributed by atoms with Crippen molar-refractivity contribution >= 4 is 46.8 Å². The van der Waals surface area contributed by atoms with Crippen LogP contribution in [0.2, 0.25) is 10.0 Å². The van der Waals surface area contributed by atoms with Crippen molar-refractivity contribution in [3.63, 3.8) is 0 Å². The lowest BCUT2D eigenvalue weighted by atomic mass is 10.1. The van der Waals surface area contributed by atoms with E-state index in [1.54, 1.807) is 18.2 Å². The summed E-state index contributed by atoms with van der Waals surface area (Å²) in [7, 11) is 1.42. The second kappa shape index (κ2) is 10.1. The number of benzene rings is 3. The van der Waals surface area contributed by atoms with Crippen molar-refractivity contribution in [1.29, 1.82) is 0 Å². The highest BCUT2D eigenvalue weighted by atomic mass is 35.5. The maximum Gasteiger partial charge on any atom is 0.363 e. The Labute approximate surface area is 208 Å². The third-order valence-electron chi connectivity index (χ3n) is 4.84. The molecule has 1 aliphatic rings. The zero-order valence-electron chi connectivity index (χ0n) is 18.0. The van der Waals surface area contributed by atoms with Crippen molar-refractivity contribution in [2.24, 2.45) is 4.99 Å². The van der Waals surface area contributed by atoms with Gasteiger partial charge in [0.05, 0.1) is 17.1 Å². The molecular weight excluding hydrogens is 502 g/mol. The van der Waals surface area contributed by atoms with Crippen LogP contribution >= 0.6 is 23.2 Å². The molecule has 178 valence electrons. The fourth-order valence-electron chi connectivity index (χ4n) is 3.22. The number of ether oxygens (including phenoxy) is 3. The standard InChI is InChI=1S/C24H15Cl2FN2O6/c1-33-21-10-14(8-18(26)22(21)34-12-13-3-2-4-16(27)7-13)9-19-24(30)35-23(28-19)15-5-6-17(25)20(11-15)29(31)32/h2-11H,12H2,1H3/b19-9-. The van der Waals surface area contributed by atoms with Gasteiger partial charge in [0.25, 0.3) is 5.69 Å². The molecule has 0 N–H and O–H groups in total. The largest absolute Gasteiger partial charge is 0.493 e. The molecule has 0 radical (unpaired) electrons. The van der Waals surface area contributed by atoms with Gasteiger partial charge in [0.1, 0.15) is 17.4 Å². The van der Waals surface area contributed by atoms with Crippen LogP contribution < -0.4 is 9.47 Å². The number of carbonyl (C=O) groups is 1. The summed E-state index contributed by atoms with van der Waals surface area (Å²) in [5.41, 5.74) is 0.890. The van der Waals surface area contributed by atoms with Crippen molar-refractivity contribution in [1.82, 2.24) is 0 Å². The summed E-state index contributed by atoms with van der Waals surface area (Å²) in [6.07, 6.45) is 1.42. The molecule has 0 bridgehead atoms. The van der Waals surface area contributed by atoms with Gasteiger partial charge in [-0.05, 0) is 53.6 Å². The molecular formula is C24H15Cl2FN2O6. The molecule has 0 aromatic heterocycles. The SMILES string of the molecule is COc1cc(/C=C2\N=C(c3ccc(Cl)c([N+](=O)[O-])c3)OC2=O)cc(Cl)c1OCc1cccc(F)c1. The third kappa shape index (κ3) is 5.42. The Bertz CT molecular complexity index is 1410. The van der Waals surface area contributed by atoms with E-state index in [0.29, 0.717) is 11.1 Å². The summed E-state index contributed by atoms with van der Waals surface area (Å²) in [5, 5.41) is 11.3. The molecule has 11 heteroatoms. The van der Waals surface area contributed by atoms with Gasteiger partial charge in [0.2, 0.25) is 5.90 Å². The van der Waals surface area contributed by atoms with Gasteiger partial charge in [-0.25, -0.2) is 14.2 Å². The van der Waals surface area contributed by atoms with E-state index >= 15 is 0 Å². The van der Waals surface area contributed by atoms with Gasteiger partial charge in [-0.3, -0.25) is 10.1 Å². The Morgan fingerprint density at radius 1 is 1.14 bits per heavy atom. The van der Waals surface area contributed by atoms with E-state index in [-0.39, 0.29) is 56.8 Å². The minimum atomic E-state index is -0.751. The maximum absolute atomic E-state index is 13.4. The minimum Gasteiger partial charge on any atom is -0.493 e. The first-order chi connectivity index (χ1) is 16.7. The number of esters is 1. The monoisotopic (exact) mass is 516 g/mol. The number of rotatable bonds is 7. The molecule has 0 saturated carbocycles. The first-order valence-corrected chi connectivity index (χ1v) is 10.7. The van der Waals surface area contributed by atoms with E-state index in [2.05, 4.69) is 4.99 Å². The number of carbonyl (C=O) groups excluding carboxylic acids is 1. The van der Waals surface area contributed by atoms with Crippen LogP contribution in [0.3, 0.4) is 0 Å². The molecule has 0 atom stereocenters. The lowest BCUT2D eigenvalue weighted by Gasteiger charge is -2.13. The van der Waals surface area contributed by atoms with E-state index in [0.717, 1.165) is 0 Å². The van der Waals surface area contributed by atoms with Gasteiger partial charge in [0, 0.05) is 11.6 Å². The quantitative estimate of drug-likeness (QED) is 0.166. The molecule has 0 fully saturated rings. The van der Waals surface area contributed by atoms with Gasteiger partial charge >= 0.3 is 5.97 Å². The first kappa shape index (κ1) is 24.2. The molecule has 4 rings (SSSR count). The van der Waals surface area contributed by atoms with Gasteiger partial charge < -0.3 is 14.2 Å². The van der Waals surface area contributed by atoms with Crippen molar-refractivity contribution in [2.75, 3.05) is 7.11 Å². The number of aliphatic imine (C=N–C) groups is 1. The minimum absolute atomic E-state index is 0.0517. The summed E-state index contributed by atoms with van der Waals surface area (Å²) in [6.45, 7) is 0.0570. The molecule has 0 amide bonds. The van der Waals surface area contributed by atoms with E-state index < -0.39 is 10.9 Å². The molecule has 0 unspecified atom stereocenters. The highest BCUT2D eigenvalue weighted by Crippen LogP contribution is 2.38. The predicted octanol–water partition coefficient (Wildman–Crippen LogP) is 5.97. The van der Waals surface area contributed by atoms with Crippen LogP contribution in [-0.2, 0) is 16.1 Å². The van der Waals surface area contributed by atoms with Gasteiger partial charge in [0.15, 0.2) is 17.2 Å². The van der Waals surface area contributed by atoms with Crippen LogP contribution in [0.5, 0.6) is 11.5 Å². The molecule has 8 nitrogen and oxygen atoms in total. The molecule has 0 saturated heterocycles. The second-order valence-electron chi connectivity index (χ2n) is 7.21. The Hall–Kier alpha value is -3.95. The molecule has 0 spiro atoms. The Morgan fingerprint density at radius 2 is 1.94 bits per heavy atom. The molecule has 1 heterocycles. The molecule has 3 aromatic carbocycles. The molecule has 1 aliphatic heterocycles. The van der Waals surface area contributed by atoms with Crippen molar-refractivity contribution < 1.29 is 28.3 Å². The zero-order valence-corrected chi connectivity index (χ0v) is 19.5. The van der Waals surface area contributed by atoms with Crippen LogP contribution in [0.15, 0.2) is 65.3 Å². The highest BCUT2D eigenvalue weighted by molar-refractivity contribution is 6.33. The van der Waals surface area contributed by atoms with E-state index in [9.17, 15) is 19.3 Å². The number of hydrogen-bond donors (Lipinski definition) is 0. The Morgan fingerprint density at radius 3 is 2.66 bits per heavy atom. The number of methoxy groups -OCH3 is 1. The summed E-state index contributed by atoms with van der Waals surface area (Å²) >= 11 is 12.2. The lowest BCUT2D eigenvalue weighted by Crippen LogP contribution is -2.06. The number of halogens is 3. The van der Waals surface area contributed by atoms with Crippen LogP contribution in [0.4, 0.5) is 10.1 Å². The fourth-order valence-corrected chi connectivity index (χ4v) is 3.68. The van der Waals surface area contributed by atoms with Crippen molar-refractivity contribution in [2.45, 2.75) is 6.61 Å². The topological polar surface area (TPSA) is 100 Å². The van der Waals surface area contributed by atoms with Gasteiger partial charge in [-0.2, -0.15) is 0 Å². The van der Waals surface area contributed by atoms with E-state index in [4.69, 9.17) is 37.4 Å². The average Bonchev–Trinajstić information content (AvgIpc) is 3.18. The van der Waals surface area contributed by atoms with Crippen LogP contribution in [0, 0.1) is 15.9 Å². The van der Waals surface area contributed by atoms with Gasteiger partial charge in [-0.1, -0.05) is 35.3 Å². The smallest absolute Gasteiger partial charge is 0.363 e. The maximum atomic E-state index is 13.4. The normalized spacial score (nSPS) is 14.0. The molecule has 3 aromatic rings. The summed E-state index contributed by atoms with van der Waals surface area (Å²) in [5.74, 6) is -0.715. The number of nitrogens with zero attached hydrogens (tertiary/aromatic N) is 2. The van der Waals surface area contributed by atoms with E-state index in [1.807, 2.05) is 0 Å². The number of cyclic esters (lactones) is 1. The average molecular weight is 517 g/mol. The molecule has 0 aliphatic carbocycles. The predicted molar refractivity (Wildman–Crippen MR) is 127 cm³/mol. The zero-order chi connectivity index (χ0) is 25.1. The highest BCUT2D eigenvalue weighted by Gasteiger charge is 2.26. The Kier molecular flexibility index (Phi) is 6.99. The lowest BCUT2D eigenvalue weighted by molar-refractivity contribution is -0.384.